The Hall–Kier alpha value is -5.62. The van der Waals surface area contributed by atoms with E-state index in [0.717, 1.165) is 11.1 Å². The third-order valence-corrected chi connectivity index (χ3v) is 18.3. The molecule has 0 aliphatic heterocycles. The number of hydrogen-bond acceptors (Lipinski definition) is 2. The van der Waals surface area contributed by atoms with Crippen molar-refractivity contribution in [3.63, 3.8) is 0 Å². The van der Waals surface area contributed by atoms with Crippen LogP contribution in [0.5, 0.6) is 0 Å². The van der Waals surface area contributed by atoms with E-state index in [-0.39, 0.29) is 0 Å². The number of benzene rings is 7. The molecule has 0 heterocycles. The van der Waals surface area contributed by atoms with Crippen molar-refractivity contribution >= 4 is 46.4 Å². The summed E-state index contributed by atoms with van der Waals surface area (Å²) < 4.78 is 0. The van der Waals surface area contributed by atoms with E-state index in [0.29, 0.717) is 23.5 Å². The van der Waals surface area contributed by atoms with E-state index < -0.39 is 14.5 Å². The molecular formula is C46H36N2P2+2. The summed E-state index contributed by atoms with van der Waals surface area (Å²) in [6, 6.07) is 73.4. The first-order valence-electron chi connectivity index (χ1n) is 16.7. The molecule has 2 nitrogen and oxygen atoms in total. The Morgan fingerprint density at radius 3 is 0.700 bits per heavy atom. The van der Waals surface area contributed by atoms with Gasteiger partial charge in [-0.15, -0.1) is 0 Å². The van der Waals surface area contributed by atoms with Gasteiger partial charge in [-0.1, -0.05) is 109 Å². The Kier molecular flexibility index (Phi) is 9.79. The highest BCUT2D eigenvalue weighted by Crippen LogP contribution is 2.60. The second-order valence-corrected chi connectivity index (χ2v) is 19.3. The highest BCUT2D eigenvalue weighted by molar-refractivity contribution is 7.95. The van der Waals surface area contributed by atoms with E-state index in [2.05, 4.69) is 194 Å². The largest absolute Gasteiger partial charge is 0.192 e. The van der Waals surface area contributed by atoms with Crippen LogP contribution in [0.15, 0.2) is 194 Å². The summed E-state index contributed by atoms with van der Waals surface area (Å²) in [5, 5.41) is 29.2. The van der Waals surface area contributed by atoms with Gasteiger partial charge in [0.2, 0.25) is 0 Å². The van der Waals surface area contributed by atoms with Gasteiger partial charge < -0.3 is 0 Å². The molecule has 0 N–H and O–H groups in total. The Morgan fingerprint density at radius 2 is 0.520 bits per heavy atom. The van der Waals surface area contributed by atoms with E-state index in [1.165, 1.54) is 31.8 Å². The zero-order valence-corrected chi connectivity index (χ0v) is 29.5. The first-order chi connectivity index (χ1) is 24.7. The molecule has 0 saturated heterocycles. The van der Waals surface area contributed by atoms with Gasteiger partial charge in [-0.3, -0.25) is 0 Å². The smallest absolute Gasteiger partial charge is 0.116 e. The van der Waals surface area contributed by atoms with Crippen LogP contribution in [0, 0.1) is 22.7 Å². The average molecular weight is 679 g/mol. The Morgan fingerprint density at radius 1 is 0.320 bits per heavy atom. The molecular weight excluding hydrogens is 642 g/mol. The minimum atomic E-state index is -2.30. The third kappa shape index (κ3) is 6.18. The molecule has 0 bridgehead atoms. The lowest BCUT2D eigenvalue weighted by Crippen LogP contribution is -2.33. The number of nitrogens with zero attached hydrogens (tertiary/aromatic N) is 2. The van der Waals surface area contributed by atoms with E-state index >= 15 is 0 Å². The second kappa shape index (κ2) is 14.9. The topological polar surface area (TPSA) is 47.6 Å². The summed E-state index contributed by atoms with van der Waals surface area (Å²) in [4.78, 5) is 0. The van der Waals surface area contributed by atoms with Crippen molar-refractivity contribution in [2.75, 3.05) is 0 Å². The van der Waals surface area contributed by atoms with Crippen LogP contribution in [0.2, 0.25) is 0 Å². The van der Waals surface area contributed by atoms with Crippen LogP contribution < -0.4 is 31.8 Å². The van der Waals surface area contributed by atoms with Gasteiger partial charge in [-0.25, -0.2) is 0 Å². The van der Waals surface area contributed by atoms with E-state index in [9.17, 15) is 10.5 Å². The predicted octanol–water partition coefficient (Wildman–Crippen LogP) is 8.42. The standard InChI is InChI=1S/C46H36N2P2/c47-33-37-32-40(36-50(44-25-13-4-14-26-44,45-27-15-5-16-28-45)46-29-17-6-18-30-46)38(34-48)31-39(37)35-49(41-19-7-1-8-20-41,42-21-9-2-10-22-42)43-23-11-3-12-24-43/h1-32H,35-36H2/q+2. The fourth-order valence-electron chi connectivity index (χ4n) is 7.21. The van der Waals surface area contributed by atoms with E-state index in [1.807, 2.05) is 12.1 Å². The zero-order chi connectivity index (χ0) is 34.2. The van der Waals surface area contributed by atoms with Crippen molar-refractivity contribution < 1.29 is 0 Å². The normalized spacial score (nSPS) is 11.3. The molecule has 7 aromatic carbocycles. The van der Waals surface area contributed by atoms with Crippen LogP contribution in [0.1, 0.15) is 22.3 Å². The van der Waals surface area contributed by atoms with Gasteiger partial charge >= 0.3 is 0 Å². The summed E-state index contributed by atoms with van der Waals surface area (Å²) in [6.07, 6.45) is 1.25. The Bertz CT molecular complexity index is 1900. The summed E-state index contributed by atoms with van der Waals surface area (Å²) in [5.74, 6) is 0. The van der Waals surface area contributed by atoms with Crippen LogP contribution in [-0.4, -0.2) is 0 Å². The quantitative estimate of drug-likeness (QED) is 0.137. The lowest BCUT2D eigenvalue weighted by molar-refractivity contribution is 1.26. The van der Waals surface area contributed by atoms with Crippen molar-refractivity contribution in [3.05, 3.63) is 216 Å². The third-order valence-electron chi connectivity index (χ3n) is 9.57. The van der Waals surface area contributed by atoms with Gasteiger partial charge in [-0.2, -0.15) is 10.5 Å². The first-order valence-corrected chi connectivity index (χ1v) is 20.7. The number of rotatable bonds is 10. The Balaban J connectivity index is 1.45. The van der Waals surface area contributed by atoms with Gasteiger partial charge in [-0.05, 0) is 84.9 Å². The lowest BCUT2D eigenvalue weighted by atomic mass is 10.0. The number of nitriles is 2. The van der Waals surface area contributed by atoms with Crippen molar-refractivity contribution in [2.24, 2.45) is 0 Å². The van der Waals surface area contributed by atoms with Crippen molar-refractivity contribution in [1.29, 1.82) is 10.5 Å². The molecule has 7 aromatic rings. The minimum absolute atomic E-state index is 0.624. The lowest BCUT2D eigenvalue weighted by Gasteiger charge is -2.29. The molecule has 0 atom stereocenters. The van der Waals surface area contributed by atoms with Crippen molar-refractivity contribution in [2.45, 2.75) is 12.3 Å². The second-order valence-electron chi connectivity index (χ2n) is 12.3. The molecule has 0 aromatic heterocycles. The van der Waals surface area contributed by atoms with Gasteiger partial charge in [0.25, 0.3) is 0 Å². The maximum Gasteiger partial charge on any atom is 0.116 e. The summed E-state index contributed by atoms with van der Waals surface area (Å²) in [6.45, 7) is 0. The summed E-state index contributed by atoms with van der Waals surface area (Å²) in [5.41, 5.74) is 3.05. The average Bonchev–Trinajstić information content (AvgIpc) is 3.21. The minimum Gasteiger partial charge on any atom is -0.192 e. The molecule has 0 aliphatic carbocycles. The number of hydrogen-bond donors (Lipinski definition) is 0. The van der Waals surface area contributed by atoms with Gasteiger partial charge in [0.05, 0.1) is 35.6 Å². The van der Waals surface area contributed by atoms with Crippen LogP contribution in [-0.2, 0) is 12.3 Å². The molecule has 7 rings (SSSR count). The van der Waals surface area contributed by atoms with Gasteiger partial charge in [0, 0.05) is 11.1 Å². The molecule has 4 heteroatoms. The molecule has 0 spiro atoms. The molecule has 238 valence electrons. The van der Waals surface area contributed by atoms with E-state index in [4.69, 9.17) is 0 Å². The maximum atomic E-state index is 10.9. The highest BCUT2D eigenvalue weighted by atomic mass is 31.2. The van der Waals surface area contributed by atoms with Crippen molar-refractivity contribution in [3.8, 4) is 12.1 Å². The van der Waals surface area contributed by atoms with Crippen molar-refractivity contribution in [1.82, 2.24) is 0 Å². The van der Waals surface area contributed by atoms with E-state index in [1.54, 1.807) is 0 Å². The zero-order valence-electron chi connectivity index (χ0n) is 27.7. The van der Waals surface area contributed by atoms with Crippen LogP contribution in [0.4, 0.5) is 0 Å². The molecule has 0 saturated carbocycles. The highest BCUT2D eigenvalue weighted by Gasteiger charge is 2.48. The first kappa shape index (κ1) is 32.9. The molecule has 0 aliphatic rings. The summed E-state index contributed by atoms with van der Waals surface area (Å²) in [7, 11) is -4.60. The van der Waals surface area contributed by atoms with Crippen LogP contribution in [0.3, 0.4) is 0 Å². The summed E-state index contributed by atoms with van der Waals surface area (Å²) >= 11 is 0. The molecule has 0 unspecified atom stereocenters. The van der Waals surface area contributed by atoms with Gasteiger partial charge in [0.15, 0.2) is 0 Å². The van der Waals surface area contributed by atoms with Gasteiger partial charge in [0.1, 0.15) is 46.4 Å². The van der Waals surface area contributed by atoms with Crippen LogP contribution >= 0.6 is 14.5 Å². The van der Waals surface area contributed by atoms with Crippen LogP contribution in [0.25, 0.3) is 0 Å². The Labute approximate surface area is 296 Å². The SMILES string of the molecule is N#Cc1cc(C[P+](c2ccccc2)(c2ccccc2)c2ccccc2)c(C#N)cc1C[P+](c1ccccc1)(c1ccccc1)c1ccccc1. The molecule has 0 radical (unpaired) electrons. The monoisotopic (exact) mass is 678 g/mol. The maximum absolute atomic E-state index is 10.9. The predicted molar refractivity (Wildman–Crippen MR) is 214 cm³/mol. The fraction of sp³-hybridized carbons (Fsp3) is 0.0435. The molecule has 50 heavy (non-hydrogen) atoms. The molecule has 0 amide bonds. The molecule has 0 fully saturated rings. The fourth-order valence-corrected chi connectivity index (χ4v) is 15.7.